The van der Waals surface area contributed by atoms with E-state index < -0.39 is 18.0 Å². The fraction of sp³-hybridized carbons (Fsp3) is 0.385. The Kier molecular flexibility index (Phi) is 8.11. The zero-order chi connectivity index (χ0) is 25.7. The first-order valence-electron chi connectivity index (χ1n) is 11.2. The number of hydrogen-bond acceptors (Lipinski definition) is 8. The van der Waals surface area contributed by atoms with Crippen LogP contribution in [0.15, 0.2) is 29.1 Å². The molecule has 0 aliphatic heterocycles. The van der Waals surface area contributed by atoms with E-state index in [1.807, 2.05) is 6.07 Å². The van der Waals surface area contributed by atoms with Crippen molar-refractivity contribution in [1.82, 2.24) is 5.32 Å². The summed E-state index contributed by atoms with van der Waals surface area (Å²) in [6.45, 7) is 3.16. The summed E-state index contributed by atoms with van der Waals surface area (Å²) in [5.74, 6) is -0.673. The Labute approximate surface area is 203 Å². The number of carbonyl (C=O) groups is 3. The summed E-state index contributed by atoms with van der Waals surface area (Å²) in [6.07, 6.45) is 0.731. The molecule has 1 unspecified atom stereocenters. The number of esters is 2. The Hall–Kier alpha value is -3.88. The van der Waals surface area contributed by atoms with Crippen LogP contribution in [0.5, 0.6) is 17.2 Å². The third-order valence-corrected chi connectivity index (χ3v) is 5.89. The lowest BCUT2D eigenvalue weighted by molar-refractivity contribution is -0.144. The van der Waals surface area contributed by atoms with Gasteiger partial charge in [-0.15, -0.1) is 0 Å². The molecule has 0 bridgehead atoms. The molecule has 0 radical (unpaired) electrons. The number of aryl methyl sites for hydroxylation is 2. The number of fused-ring (bicyclic) bond motifs is 3. The van der Waals surface area contributed by atoms with Crippen LogP contribution >= 0.6 is 0 Å². The van der Waals surface area contributed by atoms with Gasteiger partial charge >= 0.3 is 11.9 Å². The summed E-state index contributed by atoms with van der Waals surface area (Å²) in [5, 5.41) is 2.94. The van der Waals surface area contributed by atoms with Crippen molar-refractivity contribution < 1.29 is 33.3 Å². The summed E-state index contributed by atoms with van der Waals surface area (Å²) < 4.78 is 21.4. The first-order chi connectivity index (χ1) is 16.7. The smallest absolute Gasteiger partial charge is 0.311 e. The molecular formula is C26H29NO8. The average Bonchev–Trinajstić information content (AvgIpc) is 3.05. The highest BCUT2D eigenvalue weighted by Crippen LogP contribution is 2.50. The topological polar surface area (TPSA) is 117 Å². The minimum atomic E-state index is -0.626. The second-order valence-corrected chi connectivity index (χ2v) is 8.21. The number of benzene rings is 1. The van der Waals surface area contributed by atoms with E-state index >= 15 is 0 Å². The van der Waals surface area contributed by atoms with E-state index in [1.54, 1.807) is 25.1 Å². The molecule has 2 aromatic carbocycles. The van der Waals surface area contributed by atoms with Crippen LogP contribution in [0.25, 0.3) is 11.1 Å². The molecule has 2 aromatic rings. The SMILES string of the molecule is COC(=O)CCC(=O)Oc1cc2c(c(OC)c1OC)-c1ccc(C)c(=O)cc1C(NC(C)=O)CC2. The van der Waals surface area contributed by atoms with Crippen molar-refractivity contribution >= 4 is 17.8 Å². The Balaban J connectivity index is 2.19. The quantitative estimate of drug-likeness (QED) is 0.472. The van der Waals surface area contributed by atoms with Gasteiger partial charge in [-0.1, -0.05) is 12.1 Å². The van der Waals surface area contributed by atoms with E-state index in [0.717, 1.165) is 5.56 Å². The molecule has 186 valence electrons. The van der Waals surface area contributed by atoms with Crippen molar-refractivity contribution in [3.05, 3.63) is 51.2 Å². The Bertz CT molecular complexity index is 1220. The largest absolute Gasteiger partial charge is 0.492 e. The van der Waals surface area contributed by atoms with Gasteiger partial charge in [0.2, 0.25) is 11.7 Å². The standard InChI is InChI=1S/C26H29NO8/c1-14-6-8-17-18(13-20(14)29)19(27-15(2)28)9-7-16-12-21(25(33-4)26(34-5)24(16)17)35-23(31)11-10-22(30)32-3/h6,8,12-13,19H,7,9-11H2,1-5H3,(H,27,28). The molecule has 3 rings (SSSR count). The number of carbonyl (C=O) groups excluding carboxylic acids is 3. The molecule has 1 aliphatic carbocycles. The van der Waals surface area contributed by atoms with E-state index in [0.29, 0.717) is 40.8 Å². The van der Waals surface area contributed by atoms with E-state index in [2.05, 4.69) is 10.1 Å². The molecule has 0 saturated heterocycles. The van der Waals surface area contributed by atoms with Crippen molar-refractivity contribution in [2.45, 2.75) is 45.6 Å². The zero-order valence-electron chi connectivity index (χ0n) is 20.5. The van der Waals surface area contributed by atoms with Gasteiger partial charge in [0.25, 0.3) is 0 Å². The molecule has 9 nitrogen and oxygen atoms in total. The third kappa shape index (κ3) is 5.62. The van der Waals surface area contributed by atoms with Gasteiger partial charge in [0.05, 0.1) is 40.2 Å². The highest BCUT2D eigenvalue weighted by Gasteiger charge is 2.30. The Morgan fingerprint density at radius 1 is 1.00 bits per heavy atom. The second-order valence-electron chi connectivity index (χ2n) is 8.21. The van der Waals surface area contributed by atoms with E-state index in [4.69, 9.17) is 14.2 Å². The van der Waals surface area contributed by atoms with Gasteiger partial charge in [0.1, 0.15) is 0 Å². The number of hydrogen-bond donors (Lipinski definition) is 1. The van der Waals surface area contributed by atoms with Crippen molar-refractivity contribution in [3.63, 3.8) is 0 Å². The predicted molar refractivity (Wildman–Crippen MR) is 128 cm³/mol. The summed E-state index contributed by atoms with van der Waals surface area (Å²) in [4.78, 5) is 48.4. The fourth-order valence-corrected chi connectivity index (χ4v) is 4.19. The predicted octanol–water partition coefficient (Wildman–Crippen LogP) is 3.02. The summed E-state index contributed by atoms with van der Waals surface area (Å²) in [6, 6.07) is 6.40. The van der Waals surface area contributed by atoms with Crippen molar-refractivity contribution in [3.8, 4) is 28.4 Å². The van der Waals surface area contributed by atoms with Gasteiger partial charge in [0.15, 0.2) is 16.9 Å². The maximum atomic E-state index is 12.7. The monoisotopic (exact) mass is 483 g/mol. The molecule has 0 heterocycles. The van der Waals surface area contributed by atoms with Gasteiger partial charge in [-0.2, -0.15) is 0 Å². The molecular weight excluding hydrogens is 454 g/mol. The summed E-state index contributed by atoms with van der Waals surface area (Å²) in [7, 11) is 4.15. The first kappa shape index (κ1) is 25.7. The van der Waals surface area contributed by atoms with Crippen LogP contribution in [0.1, 0.15) is 48.9 Å². The number of rotatable bonds is 7. The lowest BCUT2D eigenvalue weighted by atomic mass is 9.95. The Morgan fingerprint density at radius 2 is 1.69 bits per heavy atom. The van der Waals surface area contributed by atoms with E-state index in [-0.39, 0.29) is 35.7 Å². The minimum Gasteiger partial charge on any atom is -0.492 e. The van der Waals surface area contributed by atoms with Gasteiger partial charge < -0.3 is 24.3 Å². The minimum absolute atomic E-state index is 0.112. The summed E-state index contributed by atoms with van der Waals surface area (Å²) >= 11 is 0. The van der Waals surface area contributed by atoms with Crippen LogP contribution in [0, 0.1) is 6.92 Å². The van der Waals surface area contributed by atoms with Crippen LogP contribution < -0.4 is 25.0 Å². The first-order valence-corrected chi connectivity index (χ1v) is 11.2. The lowest BCUT2D eigenvalue weighted by Crippen LogP contribution is -2.26. The van der Waals surface area contributed by atoms with Crippen molar-refractivity contribution in [1.29, 1.82) is 0 Å². The second kappa shape index (κ2) is 11.0. The molecule has 1 aliphatic rings. The number of nitrogens with one attached hydrogen (secondary N) is 1. The molecule has 35 heavy (non-hydrogen) atoms. The van der Waals surface area contributed by atoms with Gasteiger partial charge in [-0.3, -0.25) is 19.2 Å². The van der Waals surface area contributed by atoms with Crippen molar-refractivity contribution in [2.24, 2.45) is 0 Å². The number of methoxy groups -OCH3 is 3. The van der Waals surface area contributed by atoms with Gasteiger partial charge in [-0.25, -0.2) is 0 Å². The number of amides is 1. The highest BCUT2D eigenvalue weighted by molar-refractivity contribution is 5.85. The number of ether oxygens (including phenoxy) is 4. The molecule has 0 saturated carbocycles. The van der Waals surface area contributed by atoms with Gasteiger partial charge in [0, 0.05) is 12.5 Å². The molecule has 0 fully saturated rings. The third-order valence-electron chi connectivity index (χ3n) is 5.89. The molecule has 9 heteroatoms. The van der Waals surface area contributed by atoms with Crippen LogP contribution in [0.4, 0.5) is 0 Å². The maximum absolute atomic E-state index is 12.7. The molecule has 0 spiro atoms. The van der Waals surface area contributed by atoms with Crippen LogP contribution in [0.2, 0.25) is 0 Å². The van der Waals surface area contributed by atoms with Crippen molar-refractivity contribution in [2.75, 3.05) is 21.3 Å². The van der Waals surface area contributed by atoms with Crippen LogP contribution in [-0.4, -0.2) is 39.2 Å². The molecule has 1 N–H and O–H groups in total. The van der Waals surface area contributed by atoms with Crippen LogP contribution in [-0.2, 0) is 25.5 Å². The van der Waals surface area contributed by atoms with E-state index in [9.17, 15) is 19.2 Å². The molecule has 1 amide bonds. The average molecular weight is 484 g/mol. The lowest BCUT2D eigenvalue weighted by Gasteiger charge is -2.20. The molecule has 0 aromatic heterocycles. The highest BCUT2D eigenvalue weighted by atomic mass is 16.6. The van der Waals surface area contributed by atoms with Gasteiger partial charge in [-0.05, 0) is 54.2 Å². The van der Waals surface area contributed by atoms with E-state index in [1.165, 1.54) is 28.3 Å². The normalized spacial score (nSPS) is 14.0. The zero-order valence-corrected chi connectivity index (χ0v) is 20.5. The van der Waals surface area contributed by atoms with Crippen LogP contribution in [0.3, 0.4) is 0 Å². The Morgan fingerprint density at radius 3 is 2.31 bits per heavy atom. The maximum Gasteiger partial charge on any atom is 0.311 e. The fourth-order valence-electron chi connectivity index (χ4n) is 4.19. The molecule has 1 atom stereocenters. The summed E-state index contributed by atoms with van der Waals surface area (Å²) in [5.41, 5.74) is 3.27.